The fourth-order valence-electron chi connectivity index (χ4n) is 2.20. The first kappa shape index (κ1) is 13.1. The summed E-state index contributed by atoms with van der Waals surface area (Å²) in [6, 6.07) is 14.7. The second kappa shape index (κ2) is 4.60. The minimum absolute atomic E-state index is 0.0356. The zero-order chi connectivity index (χ0) is 14.3. The predicted molar refractivity (Wildman–Crippen MR) is 88.2 cm³/mol. The molecule has 2 N–H and O–H groups in total. The lowest BCUT2D eigenvalue weighted by Crippen LogP contribution is -2.10. The smallest absolute Gasteiger partial charge is 0.114 e. The molecule has 3 aromatic rings. The summed E-state index contributed by atoms with van der Waals surface area (Å²) < 4.78 is 0. The fraction of sp³-hybridized carbons (Fsp3) is 0.235. The Bertz CT molecular complexity index is 766. The first-order chi connectivity index (χ1) is 9.45. The van der Waals surface area contributed by atoms with E-state index in [0.29, 0.717) is 0 Å². The molecule has 0 radical (unpaired) electrons. The Hall–Kier alpha value is -1.87. The van der Waals surface area contributed by atoms with Crippen molar-refractivity contribution < 1.29 is 0 Å². The predicted octanol–water partition coefficient (Wildman–Crippen LogP) is 4.84. The number of nitrogens with zero attached hydrogens (tertiary/aromatic N) is 1. The van der Waals surface area contributed by atoms with E-state index >= 15 is 0 Å². The van der Waals surface area contributed by atoms with Crippen LogP contribution >= 0.6 is 11.3 Å². The molecule has 102 valence electrons. The zero-order valence-electron chi connectivity index (χ0n) is 12.0. The molecule has 0 saturated heterocycles. The summed E-state index contributed by atoms with van der Waals surface area (Å²) >= 11 is 1.59. The van der Waals surface area contributed by atoms with E-state index in [1.54, 1.807) is 11.3 Å². The number of anilines is 1. The van der Waals surface area contributed by atoms with Crippen LogP contribution < -0.4 is 5.73 Å². The number of rotatable bonds is 1. The third-order valence-electron chi connectivity index (χ3n) is 3.32. The van der Waals surface area contributed by atoms with Crippen LogP contribution in [0.2, 0.25) is 0 Å². The average molecular weight is 282 g/mol. The largest absolute Gasteiger partial charge is 0.389 e. The Morgan fingerprint density at radius 1 is 1.00 bits per heavy atom. The highest BCUT2D eigenvalue weighted by Gasteiger charge is 2.21. The van der Waals surface area contributed by atoms with Crippen LogP contribution in [0.1, 0.15) is 25.8 Å². The summed E-state index contributed by atoms with van der Waals surface area (Å²) in [7, 11) is 0. The van der Waals surface area contributed by atoms with E-state index in [9.17, 15) is 0 Å². The van der Waals surface area contributed by atoms with Gasteiger partial charge in [0.25, 0.3) is 0 Å². The van der Waals surface area contributed by atoms with Gasteiger partial charge in [-0.2, -0.15) is 0 Å². The zero-order valence-corrected chi connectivity index (χ0v) is 12.8. The van der Waals surface area contributed by atoms with Crippen LogP contribution in [0.15, 0.2) is 42.5 Å². The van der Waals surface area contributed by atoms with Crippen LogP contribution in [0.25, 0.3) is 22.0 Å². The molecule has 3 heteroatoms. The lowest BCUT2D eigenvalue weighted by Gasteiger charge is -2.13. The Morgan fingerprint density at radius 3 is 2.35 bits per heavy atom. The number of nitrogens with two attached hydrogens (primary N) is 1. The first-order valence-electron chi connectivity index (χ1n) is 6.71. The van der Waals surface area contributed by atoms with E-state index in [-0.39, 0.29) is 5.41 Å². The van der Waals surface area contributed by atoms with Gasteiger partial charge in [0, 0.05) is 11.0 Å². The van der Waals surface area contributed by atoms with Gasteiger partial charge in [-0.05, 0) is 16.8 Å². The number of hydrogen-bond donors (Lipinski definition) is 1. The third-order valence-corrected chi connectivity index (χ3v) is 4.63. The number of thiazole rings is 1. The maximum Gasteiger partial charge on any atom is 0.114 e. The molecule has 2 aromatic carbocycles. The molecule has 0 atom stereocenters. The van der Waals surface area contributed by atoms with E-state index in [1.165, 1.54) is 10.8 Å². The summed E-state index contributed by atoms with van der Waals surface area (Å²) in [4.78, 5) is 4.75. The molecule has 0 saturated carbocycles. The Morgan fingerprint density at radius 2 is 1.70 bits per heavy atom. The summed E-state index contributed by atoms with van der Waals surface area (Å²) in [5, 5.41) is 4.33. The van der Waals surface area contributed by atoms with Crippen molar-refractivity contribution in [3.05, 3.63) is 47.5 Å². The molecular weight excluding hydrogens is 264 g/mol. The molecule has 2 nitrogen and oxygen atoms in total. The van der Waals surface area contributed by atoms with Crippen molar-refractivity contribution >= 4 is 27.1 Å². The van der Waals surface area contributed by atoms with Crippen LogP contribution in [-0.2, 0) is 5.41 Å². The Labute approximate surface area is 123 Å². The molecule has 1 heterocycles. The van der Waals surface area contributed by atoms with Crippen molar-refractivity contribution in [3.63, 3.8) is 0 Å². The van der Waals surface area contributed by atoms with Gasteiger partial charge in [-0.1, -0.05) is 57.2 Å². The molecule has 0 bridgehead atoms. The van der Waals surface area contributed by atoms with Crippen LogP contribution in [0.5, 0.6) is 0 Å². The summed E-state index contributed by atoms with van der Waals surface area (Å²) in [6.07, 6.45) is 0. The van der Waals surface area contributed by atoms with Gasteiger partial charge in [0.15, 0.2) is 0 Å². The molecule has 0 fully saturated rings. The summed E-state index contributed by atoms with van der Waals surface area (Å²) in [5.74, 6) is 0. The van der Waals surface area contributed by atoms with Crippen LogP contribution in [0.3, 0.4) is 0 Å². The van der Waals surface area contributed by atoms with E-state index in [2.05, 4.69) is 63.2 Å². The van der Waals surface area contributed by atoms with Crippen LogP contribution in [-0.4, -0.2) is 4.98 Å². The van der Waals surface area contributed by atoms with Gasteiger partial charge in [-0.15, -0.1) is 11.3 Å². The van der Waals surface area contributed by atoms with Crippen molar-refractivity contribution in [1.82, 2.24) is 4.98 Å². The highest BCUT2D eigenvalue weighted by Crippen LogP contribution is 2.36. The Kier molecular flexibility index (Phi) is 3.02. The molecular formula is C17H18N2S. The molecule has 20 heavy (non-hydrogen) atoms. The van der Waals surface area contributed by atoms with Crippen molar-refractivity contribution in [2.75, 3.05) is 5.73 Å². The lowest BCUT2D eigenvalue weighted by molar-refractivity contribution is 0.586. The highest BCUT2D eigenvalue weighted by atomic mass is 32.1. The average Bonchev–Trinajstić information content (AvgIpc) is 2.80. The summed E-state index contributed by atoms with van der Waals surface area (Å²) in [5.41, 5.74) is 8.20. The minimum atomic E-state index is 0.0356. The van der Waals surface area contributed by atoms with Gasteiger partial charge in [-0.25, -0.2) is 4.98 Å². The molecule has 1 aromatic heterocycles. The third kappa shape index (κ3) is 2.29. The number of hydrogen-bond acceptors (Lipinski definition) is 3. The number of nitrogen functional groups attached to an aromatic ring is 1. The normalized spacial score (nSPS) is 11.9. The van der Waals surface area contributed by atoms with Crippen molar-refractivity contribution in [2.45, 2.75) is 26.2 Å². The fourth-order valence-corrected chi connectivity index (χ4v) is 3.11. The monoisotopic (exact) mass is 282 g/mol. The van der Waals surface area contributed by atoms with Gasteiger partial charge >= 0.3 is 0 Å². The standard InChI is InChI=1S/C17H18N2S/c1-17(2,3)16-19-14(15(18)20-16)13-9-8-11-6-4-5-7-12(11)10-13/h4-10H,18H2,1-3H3. The number of benzene rings is 2. The highest BCUT2D eigenvalue weighted by molar-refractivity contribution is 7.16. The van der Waals surface area contributed by atoms with E-state index in [1.807, 2.05) is 0 Å². The van der Waals surface area contributed by atoms with Gasteiger partial charge in [0.05, 0.1) is 0 Å². The quantitative estimate of drug-likeness (QED) is 0.693. The topological polar surface area (TPSA) is 38.9 Å². The summed E-state index contributed by atoms with van der Waals surface area (Å²) in [6.45, 7) is 6.49. The second-order valence-electron chi connectivity index (χ2n) is 6.04. The van der Waals surface area contributed by atoms with E-state index in [0.717, 1.165) is 21.3 Å². The molecule has 0 aliphatic carbocycles. The van der Waals surface area contributed by atoms with Crippen molar-refractivity contribution in [1.29, 1.82) is 0 Å². The van der Waals surface area contributed by atoms with E-state index < -0.39 is 0 Å². The van der Waals surface area contributed by atoms with Gasteiger partial charge < -0.3 is 5.73 Å². The molecule has 3 rings (SSSR count). The molecule has 0 aliphatic rings. The SMILES string of the molecule is CC(C)(C)c1nc(-c2ccc3ccccc3c2)c(N)s1. The van der Waals surface area contributed by atoms with Gasteiger partial charge in [-0.3, -0.25) is 0 Å². The van der Waals surface area contributed by atoms with Crippen LogP contribution in [0.4, 0.5) is 5.00 Å². The maximum absolute atomic E-state index is 6.17. The van der Waals surface area contributed by atoms with Crippen molar-refractivity contribution in [3.8, 4) is 11.3 Å². The minimum Gasteiger partial charge on any atom is -0.389 e. The van der Waals surface area contributed by atoms with Gasteiger partial charge in [0.2, 0.25) is 0 Å². The first-order valence-corrected chi connectivity index (χ1v) is 7.53. The molecule has 0 amide bonds. The lowest BCUT2D eigenvalue weighted by atomic mass is 9.98. The van der Waals surface area contributed by atoms with Crippen molar-refractivity contribution in [2.24, 2.45) is 0 Å². The van der Waals surface area contributed by atoms with E-state index in [4.69, 9.17) is 10.7 Å². The van der Waals surface area contributed by atoms with Crippen LogP contribution in [0, 0.1) is 0 Å². The molecule has 0 aliphatic heterocycles. The second-order valence-corrected chi connectivity index (χ2v) is 7.07. The Balaban J connectivity index is 2.13. The maximum atomic E-state index is 6.17. The molecule has 0 spiro atoms. The number of aromatic nitrogens is 1. The molecule has 0 unspecified atom stereocenters. The van der Waals surface area contributed by atoms with Gasteiger partial charge in [0.1, 0.15) is 15.7 Å². The number of fused-ring (bicyclic) bond motifs is 1.